The summed E-state index contributed by atoms with van der Waals surface area (Å²) in [6.07, 6.45) is 0. The van der Waals surface area contributed by atoms with Crippen molar-refractivity contribution in [1.82, 2.24) is 0 Å². The molecule has 0 spiro atoms. The molecule has 6 heteroatoms. The summed E-state index contributed by atoms with van der Waals surface area (Å²) in [5.74, 6) is -0.505. The second-order valence-electron chi connectivity index (χ2n) is 2.44. The van der Waals surface area contributed by atoms with Crippen LogP contribution in [-0.4, -0.2) is 21.5 Å². The molecule has 0 aliphatic heterocycles. The molecule has 0 aliphatic rings. The molecule has 0 saturated heterocycles. The van der Waals surface area contributed by atoms with E-state index in [1.165, 1.54) is 25.3 Å². The molecule has 0 aliphatic carbocycles. The zero-order chi connectivity index (χ0) is 10.6. The third-order valence-corrected chi connectivity index (χ3v) is 1.94. The predicted octanol–water partition coefficient (Wildman–Crippen LogP) is 0.412. The minimum atomic E-state index is -2.71. The van der Waals surface area contributed by atoms with Gasteiger partial charge >= 0.3 is 5.97 Å². The van der Waals surface area contributed by atoms with Crippen LogP contribution in [0.2, 0.25) is 0 Å². The molecule has 1 aromatic rings. The lowest BCUT2D eigenvalue weighted by atomic mass is 10.2. The van der Waals surface area contributed by atoms with Crippen LogP contribution in [0.4, 0.5) is 5.69 Å². The summed E-state index contributed by atoms with van der Waals surface area (Å²) < 4.78 is 27.3. The van der Waals surface area contributed by atoms with Gasteiger partial charge in [-0.1, -0.05) is 6.07 Å². The van der Waals surface area contributed by atoms with Crippen LogP contribution in [0.15, 0.2) is 24.3 Å². The van der Waals surface area contributed by atoms with Gasteiger partial charge in [-0.2, -0.15) is 0 Å². The first-order valence-electron chi connectivity index (χ1n) is 3.73. The molecule has 0 radical (unpaired) electrons. The number of benzene rings is 1. The molecule has 0 amide bonds. The van der Waals surface area contributed by atoms with Gasteiger partial charge in [0.15, 0.2) is 0 Å². The Hall–Kier alpha value is -1.56. The van der Waals surface area contributed by atoms with E-state index in [1.54, 1.807) is 6.07 Å². The first-order chi connectivity index (χ1) is 6.63. The summed E-state index contributed by atoms with van der Waals surface area (Å²) in [6.45, 7) is 0. The van der Waals surface area contributed by atoms with Crippen molar-refractivity contribution in [3.05, 3.63) is 29.8 Å². The maximum atomic E-state index is 11.1. The molecule has 0 saturated carbocycles. The van der Waals surface area contributed by atoms with Crippen molar-refractivity contribution in [3.63, 3.8) is 0 Å². The van der Waals surface area contributed by atoms with Crippen LogP contribution in [0.3, 0.4) is 0 Å². The lowest BCUT2D eigenvalue weighted by molar-refractivity contribution is 0.0601. The summed E-state index contributed by atoms with van der Waals surface area (Å²) in [5.41, 5.74) is 0.637. The SMILES string of the molecule is COC(=O)c1cccc(N[SH](=O)=O)c1. The van der Waals surface area contributed by atoms with Crippen LogP contribution >= 0.6 is 0 Å². The maximum absolute atomic E-state index is 11.1. The second-order valence-corrected chi connectivity index (χ2v) is 3.18. The largest absolute Gasteiger partial charge is 0.465 e. The number of rotatable bonds is 3. The van der Waals surface area contributed by atoms with Crippen LogP contribution in [0, 0.1) is 0 Å². The Bertz CT molecular complexity index is 406. The molecule has 0 bridgehead atoms. The zero-order valence-electron chi connectivity index (χ0n) is 7.39. The van der Waals surface area contributed by atoms with Crippen molar-refractivity contribution in [2.45, 2.75) is 0 Å². The number of nitrogens with one attached hydrogen (secondary N) is 1. The minimum Gasteiger partial charge on any atom is -0.465 e. The van der Waals surface area contributed by atoms with Gasteiger partial charge in [-0.3, -0.25) is 4.72 Å². The fourth-order valence-electron chi connectivity index (χ4n) is 0.939. The Balaban J connectivity index is 2.94. The molecule has 5 nitrogen and oxygen atoms in total. The molecule has 1 N–H and O–H groups in total. The molecule has 0 fully saturated rings. The third kappa shape index (κ3) is 2.74. The van der Waals surface area contributed by atoms with E-state index in [0.29, 0.717) is 11.3 Å². The number of esters is 1. The maximum Gasteiger partial charge on any atom is 0.337 e. The van der Waals surface area contributed by atoms with Crippen LogP contribution in [0.5, 0.6) is 0 Å². The number of carbonyl (C=O) groups excluding carboxylic acids is 1. The lowest BCUT2D eigenvalue weighted by Gasteiger charge is -2.01. The topological polar surface area (TPSA) is 72.5 Å². The van der Waals surface area contributed by atoms with Gasteiger partial charge in [0, 0.05) is 5.69 Å². The number of ether oxygens (including phenoxy) is 1. The summed E-state index contributed by atoms with van der Waals surface area (Å²) in [5, 5.41) is 0. The van der Waals surface area contributed by atoms with Gasteiger partial charge in [0.1, 0.15) is 0 Å². The Morgan fingerprint density at radius 1 is 1.43 bits per heavy atom. The number of hydrogen-bond acceptors (Lipinski definition) is 4. The number of thiol groups is 1. The first-order valence-corrected chi connectivity index (χ1v) is 4.90. The van der Waals surface area contributed by atoms with E-state index in [1.807, 2.05) is 0 Å². The van der Waals surface area contributed by atoms with E-state index < -0.39 is 16.9 Å². The Morgan fingerprint density at radius 2 is 2.14 bits per heavy atom. The summed E-state index contributed by atoms with van der Waals surface area (Å²) >= 11 is 0. The van der Waals surface area contributed by atoms with Crippen molar-refractivity contribution in [1.29, 1.82) is 0 Å². The van der Waals surface area contributed by atoms with E-state index in [0.717, 1.165) is 0 Å². The molecule has 0 heterocycles. The van der Waals surface area contributed by atoms with E-state index in [9.17, 15) is 13.2 Å². The van der Waals surface area contributed by atoms with Crippen molar-refractivity contribution in [2.75, 3.05) is 11.8 Å². The normalized spacial score (nSPS) is 9.86. The molecule has 76 valence electrons. The van der Waals surface area contributed by atoms with Crippen LogP contribution in [0.25, 0.3) is 0 Å². The molecular formula is C8H9NO4S. The highest BCUT2D eigenvalue weighted by Gasteiger charge is 2.04. The van der Waals surface area contributed by atoms with E-state index in [-0.39, 0.29) is 0 Å². The number of carbonyl (C=O) groups is 1. The quantitative estimate of drug-likeness (QED) is 0.566. The van der Waals surface area contributed by atoms with Crippen LogP contribution in [0.1, 0.15) is 10.4 Å². The minimum absolute atomic E-state index is 0.300. The van der Waals surface area contributed by atoms with Crippen molar-refractivity contribution >= 4 is 22.5 Å². The van der Waals surface area contributed by atoms with Gasteiger partial charge in [-0.05, 0) is 18.2 Å². The van der Waals surface area contributed by atoms with Crippen molar-refractivity contribution < 1.29 is 17.9 Å². The highest BCUT2D eigenvalue weighted by molar-refractivity contribution is 7.73. The van der Waals surface area contributed by atoms with Gasteiger partial charge in [0.25, 0.3) is 0 Å². The molecule has 0 unspecified atom stereocenters. The first kappa shape index (κ1) is 10.5. The molecule has 0 atom stereocenters. The fourth-order valence-corrected chi connectivity index (χ4v) is 1.29. The average Bonchev–Trinajstić information content (AvgIpc) is 2.16. The number of hydrogen-bond donors (Lipinski definition) is 2. The van der Waals surface area contributed by atoms with Gasteiger partial charge in [-0.25, -0.2) is 13.2 Å². The van der Waals surface area contributed by atoms with Gasteiger partial charge in [0.2, 0.25) is 10.9 Å². The summed E-state index contributed by atoms with van der Waals surface area (Å²) in [4.78, 5) is 11.1. The lowest BCUT2D eigenvalue weighted by Crippen LogP contribution is -2.02. The van der Waals surface area contributed by atoms with Crippen molar-refractivity contribution in [2.24, 2.45) is 0 Å². The van der Waals surface area contributed by atoms with E-state index >= 15 is 0 Å². The summed E-state index contributed by atoms with van der Waals surface area (Å²) in [7, 11) is -1.45. The van der Waals surface area contributed by atoms with Gasteiger partial charge in [0.05, 0.1) is 12.7 Å². The molecule has 1 rings (SSSR count). The van der Waals surface area contributed by atoms with Crippen LogP contribution < -0.4 is 4.72 Å². The standard InChI is InChI=1S/C8H9NO4S/c1-13-8(10)6-3-2-4-7(5-6)9-14(11)12/h2-5,14H,1H3,(H,9,11,12). The van der Waals surface area contributed by atoms with Crippen molar-refractivity contribution in [3.8, 4) is 0 Å². The molecule has 1 aromatic carbocycles. The Labute approximate surface area is 82.8 Å². The monoisotopic (exact) mass is 215 g/mol. The Morgan fingerprint density at radius 3 is 2.71 bits per heavy atom. The fraction of sp³-hybridized carbons (Fsp3) is 0.125. The highest BCUT2D eigenvalue weighted by atomic mass is 32.2. The average molecular weight is 215 g/mol. The van der Waals surface area contributed by atoms with Crippen LogP contribution in [-0.2, 0) is 15.6 Å². The molecular weight excluding hydrogens is 206 g/mol. The number of methoxy groups -OCH3 is 1. The van der Waals surface area contributed by atoms with Gasteiger partial charge < -0.3 is 4.74 Å². The number of anilines is 1. The van der Waals surface area contributed by atoms with E-state index in [2.05, 4.69) is 9.46 Å². The zero-order valence-corrected chi connectivity index (χ0v) is 8.28. The van der Waals surface area contributed by atoms with E-state index in [4.69, 9.17) is 0 Å². The predicted molar refractivity (Wildman–Crippen MR) is 51.7 cm³/mol. The molecule has 0 aromatic heterocycles. The Kier molecular flexibility index (Phi) is 3.47. The smallest absolute Gasteiger partial charge is 0.337 e. The second kappa shape index (κ2) is 4.61. The third-order valence-electron chi connectivity index (χ3n) is 1.50. The molecule has 14 heavy (non-hydrogen) atoms. The summed E-state index contributed by atoms with van der Waals surface area (Å²) in [6, 6.07) is 6.04. The highest BCUT2D eigenvalue weighted by Crippen LogP contribution is 2.10. The van der Waals surface area contributed by atoms with Gasteiger partial charge in [-0.15, -0.1) is 0 Å².